The predicted molar refractivity (Wildman–Crippen MR) is 100 cm³/mol. The second-order valence-corrected chi connectivity index (χ2v) is 7.25. The molecule has 0 radical (unpaired) electrons. The molecule has 0 bridgehead atoms. The Hall–Kier alpha value is -3.35. The first-order chi connectivity index (χ1) is 13.4. The quantitative estimate of drug-likeness (QED) is 0.806. The lowest BCUT2D eigenvalue weighted by molar-refractivity contribution is 0.0636. The number of nitrogens with one attached hydrogen (secondary N) is 1. The number of hydrogen-bond donors (Lipinski definition) is 1. The van der Waals surface area contributed by atoms with Crippen LogP contribution < -0.4 is 14.8 Å². The van der Waals surface area contributed by atoms with E-state index in [-0.39, 0.29) is 36.0 Å². The van der Waals surface area contributed by atoms with Crippen LogP contribution in [0.1, 0.15) is 50.5 Å². The molecule has 0 saturated heterocycles. The first-order valence-corrected chi connectivity index (χ1v) is 9.11. The van der Waals surface area contributed by atoms with E-state index in [2.05, 4.69) is 5.32 Å². The van der Waals surface area contributed by atoms with Gasteiger partial charge in [0.25, 0.3) is 17.7 Å². The van der Waals surface area contributed by atoms with Crippen LogP contribution in [0.4, 0.5) is 0 Å². The largest absolute Gasteiger partial charge is 0.454 e. The van der Waals surface area contributed by atoms with E-state index in [4.69, 9.17) is 9.47 Å². The van der Waals surface area contributed by atoms with Gasteiger partial charge >= 0.3 is 0 Å². The van der Waals surface area contributed by atoms with Gasteiger partial charge in [-0.25, -0.2) is 0 Å². The minimum absolute atomic E-state index is 0.173. The van der Waals surface area contributed by atoms with Crippen molar-refractivity contribution in [3.05, 3.63) is 58.7 Å². The van der Waals surface area contributed by atoms with E-state index < -0.39 is 0 Å². The molecule has 2 heterocycles. The molecule has 0 fully saturated rings. The minimum atomic E-state index is -0.348. The van der Waals surface area contributed by atoms with Gasteiger partial charge in [-0.2, -0.15) is 0 Å². The van der Waals surface area contributed by atoms with Crippen LogP contribution in [-0.2, 0) is 6.54 Å². The van der Waals surface area contributed by atoms with Crippen molar-refractivity contribution in [2.45, 2.75) is 20.4 Å². The van der Waals surface area contributed by atoms with Crippen molar-refractivity contribution >= 4 is 17.7 Å². The van der Waals surface area contributed by atoms with Gasteiger partial charge in [-0.05, 0) is 41.8 Å². The lowest BCUT2D eigenvalue weighted by Crippen LogP contribution is -2.33. The van der Waals surface area contributed by atoms with Crippen LogP contribution in [0.5, 0.6) is 11.5 Å². The number of amides is 3. The average Bonchev–Trinajstić information content (AvgIpc) is 3.24. The van der Waals surface area contributed by atoms with E-state index >= 15 is 0 Å². The van der Waals surface area contributed by atoms with E-state index in [1.54, 1.807) is 18.2 Å². The van der Waals surface area contributed by atoms with E-state index in [0.717, 1.165) is 5.56 Å². The maximum absolute atomic E-state index is 12.6. The summed E-state index contributed by atoms with van der Waals surface area (Å²) in [6.45, 7) is 4.74. The lowest BCUT2D eigenvalue weighted by atomic mass is 10.1. The number of carbonyl (C=O) groups is 3. The van der Waals surface area contributed by atoms with Gasteiger partial charge in [-0.3, -0.25) is 19.3 Å². The summed E-state index contributed by atoms with van der Waals surface area (Å²) in [5.41, 5.74) is 1.83. The number of fused-ring (bicyclic) bond motifs is 2. The molecule has 0 saturated carbocycles. The van der Waals surface area contributed by atoms with Crippen LogP contribution in [0.3, 0.4) is 0 Å². The smallest absolute Gasteiger partial charge is 0.261 e. The van der Waals surface area contributed by atoms with Crippen molar-refractivity contribution in [3.8, 4) is 11.5 Å². The summed E-state index contributed by atoms with van der Waals surface area (Å²) < 4.78 is 10.6. The topological polar surface area (TPSA) is 84.9 Å². The summed E-state index contributed by atoms with van der Waals surface area (Å²) in [5, 5.41) is 2.82. The zero-order valence-electron chi connectivity index (χ0n) is 15.7. The Kier molecular flexibility index (Phi) is 4.50. The summed E-state index contributed by atoms with van der Waals surface area (Å²) in [7, 11) is 0. The van der Waals surface area contributed by atoms with E-state index in [0.29, 0.717) is 35.7 Å². The highest BCUT2D eigenvalue weighted by Crippen LogP contribution is 2.32. The molecule has 0 atom stereocenters. The van der Waals surface area contributed by atoms with Gasteiger partial charge in [0, 0.05) is 18.7 Å². The third-order valence-corrected chi connectivity index (χ3v) is 4.67. The van der Waals surface area contributed by atoms with E-state index in [9.17, 15) is 14.4 Å². The zero-order valence-corrected chi connectivity index (χ0v) is 15.7. The molecule has 2 aliphatic rings. The van der Waals surface area contributed by atoms with Gasteiger partial charge in [0.05, 0.1) is 11.1 Å². The Morgan fingerprint density at radius 3 is 2.57 bits per heavy atom. The molecule has 2 aromatic carbocycles. The Morgan fingerprint density at radius 1 is 1.04 bits per heavy atom. The normalized spacial score (nSPS) is 14.6. The molecule has 1 N–H and O–H groups in total. The summed E-state index contributed by atoms with van der Waals surface area (Å²) in [5.74, 6) is 0.538. The summed E-state index contributed by atoms with van der Waals surface area (Å²) in [6, 6.07) is 10.1. The Balaban J connectivity index is 1.47. The van der Waals surface area contributed by atoms with Crippen molar-refractivity contribution in [3.63, 3.8) is 0 Å². The van der Waals surface area contributed by atoms with Crippen LogP contribution >= 0.6 is 0 Å². The monoisotopic (exact) mass is 380 g/mol. The fourth-order valence-electron chi connectivity index (χ4n) is 3.30. The number of hydrogen-bond acceptors (Lipinski definition) is 5. The highest BCUT2D eigenvalue weighted by molar-refractivity contribution is 6.22. The van der Waals surface area contributed by atoms with Crippen molar-refractivity contribution in [2.24, 2.45) is 5.92 Å². The molecule has 7 nitrogen and oxygen atoms in total. The maximum Gasteiger partial charge on any atom is 0.261 e. The fourth-order valence-corrected chi connectivity index (χ4v) is 3.30. The number of rotatable bonds is 5. The van der Waals surface area contributed by atoms with Gasteiger partial charge < -0.3 is 14.8 Å². The number of ether oxygens (including phenoxy) is 2. The molecule has 0 aromatic heterocycles. The highest BCUT2D eigenvalue weighted by atomic mass is 16.7. The molecule has 3 amide bonds. The van der Waals surface area contributed by atoms with Crippen molar-refractivity contribution in [1.82, 2.24) is 10.2 Å². The highest BCUT2D eigenvalue weighted by Gasteiger charge is 2.36. The van der Waals surface area contributed by atoms with Gasteiger partial charge in [-0.1, -0.05) is 19.9 Å². The first kappa shape index (κ1) is 18.0. The molecule has 2 aliphatic heterocycles. The minimum Gasteiger partial charge on any atom is -0.454 e. The van der Waals surface area contributed by atoms with Gasteiger partial charge in [-0.15, -0.1) is 0 Å². The van der Waals surface area contributed by atoms with Crippen LogP contribution in [0.25, 0.3) is 0 Å². The Labute approximate surface area is 162 Å². The van der Waals surface area contributed by atoms with Crippen molar-refractivity contribution in [1.29, 1.82) is 0 Å². The second-order valence-electron chi connectivity index (χ2n) is 7.25. The van der Waals surface area contributed by atoms with Gasteiger partial charge in [0.1, 0.15) is 0 Å². The molecule has 0 spiro atoms. The SMILES string of the molecule is CC(C)CN1C(=O)c2ccc(C(=O)NCc3ccc4c(c3)OCO4)cc2C1=O. The predicted octanol–water partition coefficient (Wildman–Crippen LogP) is 2.60. The summed E-state index contributed by atoms with van der Waals surface area (Å²) in [6.07, 6.45) is 0. The summed E-state index contributed by atoms with van der Waals surface area (Å²) >= 11 is 0. The molecular formula is C21H20N2O5. The third-order valence-electron chi connectivity index (χ3n) is 4.67. The van der Waals surface area contributed by atoms with Crippen LogP contribution in [-0.4, -0.2) is 36.0 Å². The molecular weight excluding hydrogens is 360 g/mol. The van der Waals surface area contributed by atoms with Gasteiger partial charge in [0.15, 0.2) is 11.5 Å². The standard InChI is InChI=1S/C21H20N2O5/c1-12(2)10-23-20(25)15-5-4-14(8-16(15)21(23)26)19(24)22-9-13-3-6-17-18(7-13)28-11-27-17/h3-8,12H,9-11H2,1-2H3,(H,22,24). The molecule has 28 heavy (non-hydrogen) atoms. The fraction of sp³-hybridized carbons (Fsp3) is 0.286. The van der Waals surface area contributed by atoms with Crippen molar-refractivity contribution in [2.75, 3.05) is 13.3 Å². The molecule has 4 rings (SSSR count). The third kappa shape index (κ3) is 3.19. The maximum atomic E-state index is 12.6. The second kappa shape index (κ2) is 6.99. The molecule has 7 heteroatoms. The van der Waals surface area contributed by atoms with Crippen molar-refractivity contribution < 1.29 is 23.9 Å². The number of imide groups is 1. The van der Waals surface area contributed by atoms with Gasteiger partial charge in [0.2, 0.25) is 6.79 Å². The zero-order chi connectivity index (χ0) is 19.8. The summed E-state index contributed by atoms with van der Waals surface area (Å²) in [4.78, 5) is 38.7. The first-order valence-electron chi connectivity index (χ1n) is 9.11. The van der Waals surface area contributed by atoms with E-state index in [1.807, 2.05) is 26.0 Å². The molecule has 144 valence electrons. The average molecular weight is 380 g/mol. The number of nitrogens with zero attached hydrogens (tertiary/aromatic N) is 1. The number of carbonyl (C=O) groups excluding carboxylic acids is 3. The molecule has 0 unspecified atom stereocenters. The Morgan fingerprint density at radius 2 is 1.79 bits per heavy atom. The molecule has 0 aliphatic carbocycles. The number of benzene rings is 2. The van der Waals surface area contributed by atoms with Crippen LogP contribution in [0, 0.1) is 5.92 Å². The van der Waals surface area contributed by atoms with Crippen LogP contribution in [0.2, 0.25) is 0 Å². The van der Waals surface area contributed by atoms with E-state index in [1.165, 1.54) is 11.0 Å². The lowest BCUT2D eigenvalue weighted by Gasteiger charge is -2.15. The van der Waals surface area contributed by atoms with Crippen LogP contribution in [0.15, 0.2) is 36.4 Å². The molecule has 2 aromatic rings. The Bertz CT molecular complexity index is 983.